The summed E-state index contributed by atoms with van der Waals surface area (Å²) in [4.78, 5) is 0. The van der Waals surface area contributed by atoms with Gasteiger partial charge < -0.3 is 5.11 Å². The van der Waals surface area contributed by atoms with E-state index in [1.165, 1.54) is 0 Å². The largest absolute Gasteiger partial charge is 0.396 e. The lowest BCUT2D eigenvalue weighted by molar-refractivity contribution is 0.216. The lowest BCUT2D eigenvalue weighted by atomic mass is 9.85. The van der Waals surface area contributed by atoms with Crippen molar-refractivity contribution >= 4 is 0 Å². The van der Waals surface area contributed by atoms with Gasteiger partial charge in [0.1, 0.15) is 0 Å². The zero-order valence-corrected chi connectivity index (χ0v) is 8.35. The maximum Gasteiger partial charge on any atom is 0.0628 e. The fraction of sp³-hybridized carbons (Fsp3) is 0.417. The van der Waals surface area contributed by atoms with Crippen LogP contribution < -0.4 is 0 Å². The molecule has 0 spiro atoms. The molecule has 1 rings (SSSR count). The number of aliphatic hydroxyl groups is 1. The molecule has 2 nitrogen and oxygen atoms in total. The van der Waals surface area contributed by atoms with Gasteiger partial charge in [-0.05, 0) is 11.5 Å². The number of nitriles is 1. The van der Waals surface area contributed by atoms with Crippen molar-refractivity contribution in [3.8, 4) is 6.07 Å². The standard InChI is InChI=1S/C12H15NO/c1-10(9-14)12(7-8-13)11-5-3-2-4-6-11/h2-6,10,12,14H,7,9H2,1H3/t10-,12?/m0/s1. The number of rotatable bonds is 4. The van der Waals surface area contributed by atoms with E-state index in [-0.39, 0.29) is 18.4 Å². The van der Waals surface area contributed by atoms with Gasteiger partial charge in [-0.15, -0.1) is 0 Å². The minimum Gasteiger partial charge on any atom is -0.396 e. The minimum absolute atomic E-state index is 0.126. The maximum atomic E-state index is 9.08. The third-order valence-electron chi connectivity index (χ3n) is 2.51. The van der Waals surface area contributed by atoms with Crippen LogP contribution in [0.25, 0.3) is 0 Å². The van der Waals surface area contributed by atoms with E-state index < -0.39 is 0 Å². The predicted molar refractivity (Wildman–Crippen MR) is 55.7 cm³/mol. The van der Waals surface area contributed by atoms with E-state index in [0.717, 1.165) is 5.56 Å². The number of hydrogen-bond donors (Lipinski definition) is 1. The molecular formula is C12H15NO. The van der Waals surface area contributed by atoms with Crippen LogP contribution in [0.2, 0.25) is 0 Å². The zero-order chi connectivity index (χ0) is 10.4. The Morgan fingerprint density at radius 2 is 2.00 bits per heavy atom. The van der Waals surface area contributed by atoms with Crippen molar-refractivity contribution in [2.75, 3.05) is 6.61 Å². The molecule has 1 aromatic carbocycles. The first kappa shape index (κ1) is 10.7. The zero-order valence-electron chi connectivity index (χ0n) is 8.35. The first-order chi connectivity index (χ1) is 6.79. The molecule has 0 aromatic heterocycles. The maximum absolute atomic E-state index is 9.08. The first-order valence-electron chi connectivity index (χ1n) is 4.82. The van der Waals surface area contributed by atoms with E-state index >= 15 is 0 Å². The normalized spacial score (nSPS) is 14.4. The van der Waals surface area contributed by atoms with E-state index in [1.807, 2.05) is 37.3 Å². The third kappa shape index (κ3) is 2.58. The molecule has 0 saturated carbocycles. The second-order valence-corrected chi connectivity index (χ2v) is 3.54. The molecule has 0 fully saturated rings. The summed E-state index contributed by atoms with van der Waals surface area (Å²) in [6.07, 6.45) is 0.464. The van der Waals surface area contributed by atoms with Gasteiger partial charge in [-0.3, -0.25) is 0 Å². The van der Waals surface area contributed by atoms with Crippen LogP contribution in [0.15, 0.2) is 30.3 Å². The first-order valence-corrected chi connectivity index (χ1v) is 4.82. The van der Waals surface area contributed by atoms with Crippen LogP contribution in [0.3, 0.4) is 0 Å². The Morgan fingerprint density at radius 1 is 1.36 bits per heavy atom. The van der Waals surface area contributed by atoms with Gasteiger partial charge >= 0.3 is 0 Å². The topological polar surface area (TPSA) is 44.0 Å². The highest BCUT2D eigenvalue weighted by atomic mass is 16.3. The monoisotopic (exact) mass is 189 g/mol. The summed E-state index contributed by atoms with van der Waals surface area (Å²) >= 11 is 0. The Bertz CT molecular complexity index is 302. The van der Waals surface area contributed by atoms with Crippen LogP contribution in [-0.2, 0) is 0 Å². The van der Waals surface area contributed by atoms with E-state index in [9.17, 15) is 0 Å². The van der Waals surface area contributed by atoms with Gasteiger partial charge in [0.25, 0.3) is 0 Å². The van der Waals surface area contributed by atoms with Crippen molar-refractivity contribution in [3.05, 3.63) is 35.9 Å². The summed E-state index contributed by atoms with van der Waals surface area (Å²) < 4.78 is 0. The predicted octanol–water partition coefficient (Wildman–Crippen LogP) is 2.31. The molecule has 0 heterocycles. The molecule has 0 saturated heterocycles. The van der Waals surface area contributed by atoms with Crippen molar-refractivity contribution in [3.63, 3.8) is 0 Å². The molecule has 74 valence electrons. The van der Waals surface area contributed by atoms with Crippen molar-refractivity contribution in [2.45, 2.75) is 19.3 Å². The van der Waals surface area contributed by atoms with Crippen LogP contribution in [0, 0.1) is 17.2 Å². The van der Waals surface area contributed by atoms with Crippen LogP contribution in [0.4, 0.5) is 0 Å². The summed E-state index contributed by atoms with van der Waals surface area (Å²) in [6, 6.07) is 12.1. The molecule has 0 aliphatic carbocycles. The highest BCUT2D eigenvalue weighted by Crippen LogP contribution is 2.27. The summed E-state index contributed by atoms with van der Waals surface area (Å²) in [7, 11) is 0. The fourth-order valence-electron chi connectivity index (χ4n) is 1.57. The molecule has 0 aliphatic rings. The Kier molecular flexibility index (Phi) is 4.15. The summed E-state index contributed by atoms with van der Waals surface area (Å²) in [6.45, 7) is 2.09. The van der Waals surface area contributed by atoms with Gasteiger partial charge in [-0.2, -0.15) is 5.26 Å². The molecular weight excluding hydrogens is 174 g/mol. The molecule has 1 unspecified atom stereocenters. The Balaban J connectivity index is 2.84. The molecule has 0 aliphatic heterocycles. The third-order valence-corrected chi connectivity index (χ3v) is 2.51. The van der Waals surface area contributed by atoms with E-state index in [0.29, 0.717) is 6.42 Å². The van der Waals surface area contributed by atoms with Crippen LogP contribution in [-0.4, -0.2) is 11.7 Å². The number of aliphatic hydroxyl groups excluding tert-OH is 1. The molecule has 1 aromatic rings. The smallest absolute Gasteiger partial charge is 0.0628 e. The van der Waals surface area contributed by atoms with Gasteiger partial charge in [-0.25, -0.2) is 0 Å². The highest BCUT2D eigenvalue weighted by Gasteiger charge is 2.17. The summed E-state index contributed by atoms with van der Waals surface area (Å²) in [5, 5.41) is 17.8. The molecule has 2 atom stereocenters. The van der Waals surface area contributed by atoms with Gasteiger partial charge in [0.15, 0.2) is 0 Å². The molecule has 0 bridgehead atoms. The second kappa shape index (κ2) is 5.41. The molecule has 0 amide bonds. The Morgan fingerprint density at radius 3 is 2.50 bits per heavy atom. The van der Waals surface area contributed by atoms with Crippen molar-refractivity contribution in [2.24, 2.45) is 5.92 Å². The number of hydrogen-bond acceptors (Lipinski definition) is 2. The SMILES string of the molecule is C[C@@H](CO)C(CC#N)c1ccccc1. The van der Waals surface area contributed by atoms with Crippen LogP contribution in [0.1, 0.15) is 24.8 Å². The average molecular weight is 189 g/mol. The van der Waals surface area contributed by atoms with Crippen LogP contribution >= 0.6 is 0 Å². The van der Waals surface area contributed by atoms with Gasteiger partial charge in [0.05, 0.1) is 6.07 Å². The Hall–Kier alpha value is -1.33. The van der Waals surface area contributed by atoms with Crippen molar-refractivity contribution in [1.29, 1.82) is 5.26 Å². The lowest BCUT2D eigenvalue weighted by Gasteiger charge is -2.19. The van der Waals surface area contributed by atoms with Crippen molar-refractivity contribution in [1.82, 2.24) is 0 Å². The molecule has 0 radical (unpaired) electrons. The van der Waals surface area contributed by atoms with E-state index in [1.54, 1.807) is 0 Å². The molecule has 1 N–H and O–H groups in total. The number of benzene rings is 1. The molecule has 14 heavy (non-hydrogen) atoms. The van der Waals surface area contributed by atoms with Gasteiger partial charge in [0.2, 0.25) is 0 Å². The Labute approximate surface area is 84.8 Å². The molecule has 2 heteroatoms. The highest BCUT2D eigenvalue weighted by molar-refractivity contribution is 5.21. The second-order valence-electron chi connectivity index (χ2n) is 3.54. The lowest BCUT2D eigenvalue weighted by Crippen LogP contribution is -2.13. The quantitative estimate of drug-likeness (QED) is 0.789. The summed E-state index contributed by atoms with van der Waals surface area (Å²) in [5.74, 6) is 0.281. The van der Waals surface area contributed by atoms with Gasteiger partial charge in [-0.1, -0.05) is 37.3 Å². The van der Waals surface area contributed by atoms with Crippen molar-refractivity contribution < 1.29 is 5.11 Å². The minimum atomic E-state index is 0.126. The van der Waals surface area contributed by atoms with E-state index in [4.69, 9.17) is 10.4 Å². The number of nitrogens with zero attached hydrogens (tertiary/aromatic N) is 1. The van der Waals surface area contributed by atoms with E-state index in [2.05, 4.69) is 6.07 Å². The van der Waals surface area contributed by atoms with Crippen LogP contribution in [0.5, 0.6) is 0 Å². The average Bonchev–Trinajstić information content (AvgIpc) is 2.26. The fourth-order valence-corrected chi connectivity index (χ4v) is 1.57. The summed E-state index contributed by atoms with van der Waals surface area (Å²) in [5.41, 5.74) is 1.13. The van der Waals surface area contributed by atoms with Gasteiger partial charge in [0, 0.05) is 18.9 Å².